The highest BCUT2D eigenvalue weighted by Gasteiger charge is 2.69. The average Bonchev–Trinajstić information content (AvgIpc) is 3.20. The molecule has 4 saturated carbocycles. The number of aliphatic hydroxyl groups excluding tert-OH is 2. The topological polar surface area (TPSA) is 119 Å². The molecular weight excluding hydrogens is 580 g/mol. The van der Waals surface area contributed by atoms with Crippen molar-refractivity contribution < 1.29 is 38.8 Å². The van der Waals surface area contributed by atoms with E-state index in [4.69, 9.17) is 14.2 Å². The monoisotopic (exact) mass is 628 g/mol. The lowest BCUT2D eigenvalue weighted by Crippen LogP contribution is -2.68. The van der Waals surface area contributed by atoms with E-state index in [1.54, 1.807) is 0 Å². The number of ether oxygens (including phenoxy) is 3. The van der Waals surface area contributed by atoms with E-state index in [0.29, 0.717) is 32.1 Å². The molecule has 4 aliphatic carbocycles. The Labute approximate surface area is 247 Å². The Morgan fingerprint density at radius 1 is 0.925 bits per heavy atom. The number of esters is 3. The molecular formula is C31H49BrO8. The van der Waals surface area contributed by atoms with Crippen molar-refractivity contribution in [3.63, 3.8) is 0 Å². The van der Waals surface area contributed by atoms with Gasteiger partial charge in [-0.05, 0) is 82.0 Å². The van der Waals surface area contributed by atoms with Crippen LogP contribution in [-0.4, -0.2) is 63.5 Å². The van der Waals surface area contributed by atoms with Gasteiger partial charge in [-0.2, -0.15) is 0 Å². The minimum Gasteiger partial charge on any atom is -0.463 e. The minimum absolute atomic E-state index is 0.00495. The van der Waals surface area contributed by atoms with E-state index in [9.17, 15) is 24.6 Å². The minimum atomic E-state index is -0.794. The van der Waals surface area contributed by atoms with Crippen LogP contribution in [0, 0.1) is 46.3 Å². The van der Waals surface area contributed by atoms with Crippen molar-refractivity contribution in [2.24, 2.45) is 46.3 Å². The Hall–Kier alpha value is -1.19. The van der Waals surface area contributed by atoms with Gasteiger partial charge in [-0.15, -0.1) is 0 Å². The second kappa shape index (κ2) is 11.8. The maximum absolute atomic E-state index is 12.5. The molecule has 40 heavy (non-hydrogen) atoms. The molecule has 0 heterocycles. The molecule has 2 N–H and O–H groups in total. The zero-order valence-electron chi connectivity index (χ0n) is 25.1. The summed E-state index contributed by atoms with van der Waals surface area (Å²) in [6.07, 6.45) is 2.20. The standard InChI is InChI=1S/C31H49BrO8/c1-15(2)38-26(36)11-8-16(3)20-9-10-21-27-22(14-25(31(20,21)7)40-18(5)34)30(6)19(13-24(27)39-17(4)33)12-23(35)28(32)29(30)37/h15-16,19-25,27-29,35,37H,8-14H2,1-7H3/t16-,19+,20-,21+,22+,23?,24-,25?,27+,28+,29-,30+,31-/m1/s1. The third-order valence-electron chi connectivity index (χ3n) is 11.4. The van der Waals surface area contributed by atoms with Crippen LogP contribution in [0.3, 0.4) is 0 Å². The van der Waals surface area contributed by atoms with Gasteiger partial charge in [-0.25, -0.2) is 0 Å². The molecule has 0 saturated heterocycles. The summed E-state index contributed by atoms with van der Waals surface area (Å²) in [5, 5.41) is 22.4. The van der Waals surface area contributed by atoms with E-state index in [-0.39, 0.29) is 77.1 Å². The second-order valence-corrected chi connectivity index (χ2v) is 14.9. The summed E-state index contributed by atoms with van der Waals surface area (Å²) in [5.41, 5.74) is -0.915. The van der Waals surface area contributed by atoms with E-state index >= 15 is 0 Å². The van der Waals surface area contributed by atoms with Crippen molar-refractivity contribution in [2.75, 3.05) is 0 Å². The Morgan fingerprint density at radius 3 is 2.17 bits per heavy atom. The molecule has 0 aromatic heterocycles. The summed E-state index contributed by atoms with van der Waals surface area (Å²) in [6, 6.07) is 0. The number of fused-ring (bicyclic) bond motifs is 5. The zero-order chi connectivity index (χ0) is 29.7. The number of carbonyl (C=O) groups excluding carboxylic acids is 3. The van der Waals surface area contributed by atoms with Gasteiger partial charge < -0.3 is 24.4 Å². The SMILES string of the molecule is CC(=O)OC1C[C@H]2[C@@H]([C@H](OC(C)=O)C[C@@H]3CC(O)[C@H](Br)[C@@H](O)[C@@]32C)[C@@H]2CC[C@H]([C@H](C)CCC(=O)OC(C)C)[C@@]12C. The van der Waals surface area contributed by atoms with Crippen LogP contribution in [0.4, 0.5) is 0 Å². The van der Waals surface area contributed by atoms with Crippen LogP contribution in [0.1, 0.15) is 93.4 Å². The van der Waals surface area contributed by atoms with Crippen molar-refractivity contribution >= 4 is 33.8 Å². The van der Waals surface area contributed by atoms with Gasteiger partial charge in [-0.3, -0.25) is 14.4 Å². The molecule has 0 aromatic rings. The lowest BCUT2D eigenvalue weighted by Gasteiger charge is -2.65. The van der Waals surface area contributed by atoms with Gasteiger partial charge in [0.2, 0.25) is 0 Å². The van der Waals surface area contributed by atoms with E-state index in [1.807, 2.05) is 13.8 Å². The predicted octanol–water partition coefficient (Wildman–Crippen LogP) is 4.80. The molecule has 4 aliphatic rings. The maximum Gasteiger partial charge on any atom is 0.306 e. The van der Waals surface area contributed by atoms with Gasteiger partial charge >= 0.3 is 17.9 Å². The zero-order valence-corrected chi connectivity index (χ0v) is 26.7. The Balaban J connectivity index is 1.71. The molecule has 0 aromatic carbocycles. The van der Waals surface area contributed by atoms with Crippen LogP contribution in [0.15, 0.2) is 0 Å². The first-order valence-corrected chi connectivity index (χ1v) is 16.1. The maximum atomic E-state index is 12.5. The summed E-state index contributed by atoms with van der Waals surface area (Å²) in [7, 11) is 0. The molecule has 2 unspecified atom stereocenters. The van der Waals surface area contributed by atoms with Crippen molar-refractivity contribution in [3.05, 3.63) is 0 Å². The van der Waals surface area contributed by atoms with Gasteiger partial charge in [0.25, 0.3) is 0 Å². The lowest BCUT2D eigenvalue weighted by molar-refractivity contribution is -0.241. The number of aliphatic hydroxyl groups is 2. The van der Waals surface area contributed by atoms with E-state index in [1.165, 1.54) is 13.8 Å². The fourth-order valence-electron chi connectivity index (χ4n) is 9.71. The Morgan fingerprint density at radius 2 is 1.57 bits per heavy atom. The summed E-state index contributed by atoms with van der Waals surface area (Å²) in [4.78, 5) is 36.7. The highest BCUT2D eigenvalue weighted by atomic mass is 79.9. The summed E-state index contributed by atoms with van der Waals surface area (Å²) in [6.45, 7) is 13.1. The smallest absolute Gasteiger partial charge is 0.306 e. The van der Waals surface area contributed by atoms with Crippen molar-refractivity contribution in [3.8, 4) is 0 Å². The molecule has 228 valence electrons. The highest BCUT2D eigenvalue weighted by molar-refractivity contribution is 9.09. The Bertz CT molecular complexity index is 971. The third kappa shape index (κ3) is 5.48. The summed E-state index contributed by atoms with van der Waals surface area (Å²) >= 11 is 3.57. The first-order chi connectivity index (χ1) is 18.6. The predicted molar refractivity (Wildman–Crippen MR) is 152 cm³/mol. The van der Waals surface area contributed by atoms with E-state index in [2.05, 4.69) is 36.7 Å². The Kier molecular flexibility index (Phi) is 9.39. The highest BCUT2D eigenvalue weighted by Crippen LogP contribution is 2.69. The molecule has 8 nitrogen and oxygen atoms in total. The number of carbonyl (C=O) groups is 3. The van der Waals surface area contributed by atoms with Crippen LogP contribution in [0.2, 0.25) is 0 Å². The van der Waals surface area contributed by atoms with Crippen LogP contribution < -0.4 is 0 Å². The van der Waals surface area contributed by atoms with Crippen LogP contribution >= 0.6 is 15.9 Å². The molecule has 0 aliphatic heterocycles. The van der Waals surface area contributed by atoms with E-state index < -0.39 is 22.5 Å². The lowest BCUT2D eigenvalue weighted by atomic mass is 9.42. The molecule has 0 bridgehead atoms. The van der Waals surface area contributed by atoms with Crippen molar-refractivity contribution in [1.82, 2.24) is 0 Å². The second-order valence-electron chi connectivity index (χ2n) is 13.9. The largest absolute Gasteiger partial charge is 0.463 e. The quantitative estimate of drug-likeness (QED) is 0.234. The molecule has 0 amide bonds. The van der Waals surface area contributed by atoms with Gasteiger partial charge in [-0.1, -0.05) is 36.7 Å². The first kappa shape index (κ1) is 31.7. The van der Waals surface area contributed by atoms with Crippen LogP contribution in [-0.2, 0) is 28.6 Å². The fourth-order valence-corrected chi connectivity index (χ4v) is 10.5. The number of hydrogen-bond donors (Lipinski definition) is 2. The average molecular weight is 630 g/mol. The van der Waals surface area contributed by atoms with Gasteiger partial charge in [0, 0.05) is 37.0 Å². The number of rotatable bonds is 7. The molecule has 4 rings (SSSR count). The summed E-state index contributed by atoms with van der Waals surface area (Å²) < 4.78 is 17.6. The van der Waals surface area contributed by atoms with Crippen LogP contribution in [0.5, 0.6) is 0 Å². The number of halogens is 1. The molecule has 0 spiro atoms. The van der Waals surface area contributed by atoms with E-state index in [0.717, 1.165) is 12.8 Å². The summed E-state index contributed by atoms with van der Waals surface area (Å²) in [5.74, 6) is -0.424. The molecule has 4 fully saturated rings. The van der Waals surface area contributed by atoms with Gasteiger partial charge in [0.05, 0.1) is 23.1 Å². The molecule has 9 heteroatoms. The van der Waals surface area contributed by atoms with Gasteiger partial charge in [0.15, 0.2) is 0 Å². The fraction of sp³-hybridized carbons (Fsp3) is 0.903. The normalized spacial score (nSPS) is 45.1. The molecule has 0 radical (unpaired) electrons. The van der Waals surface area contributed by atoms with Crippen molar-refractivity contribution in [1.29, 1.82) is 0 Å². The third-order valence-corrected chi connectivity index (χ3v) is 12.5. The number of alkyl halides is 1. The molecule has 13 atom stereocenters. The van der Waals surface area contributed by atoms with Crippen molar-refractivity contribution in [2.45, 2.75) is 129 Å². The van der Waals surface area contributed by atoms with Crippen LogP contribution in [0.25, 0.3) is 0 Å². The van der Waals surface area contributed by atoms with Gasteiger partial charge in [0.1, 0.15) is 12.2 Å². The first-order valence-electron chi connectivity index (χ1n) is 15.2. The number of hydrogen-bond acceptors (Lipinski definition) is 8.